The van der Waals surface area contributed by atoms with Gasteiger partial charge in [-0.05, 0) is 24.3 Å². The van der Waals surface area contributed by atoms with E-state index in [9.17, 15) is 9.59 Å². The quantitative estimate of drug-likeness (QED) is 0.455. The molecule has 4 aromatic rings. The predicted molar refractivity (Wildman–Crippen MR) is 111 cm³/mol. The molecule has 0 aliphatic carbocycles. The summed E-state index contributed by atoms with van der Waals surface area (Å²) in [6, 6.07) is 11.6. The first-order valence-corrected chi connectivity index (χ1v) is 9.29. The van der Waals surface area contributed by atoms with Crippen LogP contribution in [0.25, 0.3) is 5.65 Å². The predicted octanol–water partition coefficient (Wildman–Crippen LogP) is 3.55. The van der Waals surface area contributed by atoms with Gasteiger partial charge in [-0.2, -0.15) is 0 Å². The maximum Gasteiger partial charge on any atom is 0.340 e. The molecule has 4 rings (SSSR count). The second-order valence-electron chi connectivity index (χ2n) is 6.46. The average molecular weight is 421 g/mol. The van der Waals surface area contributed by atoms with Gasteiger partial charge in [-0.15, -0.1) is 0 Å². The molecule has 0 radical (unpaired) electrons. The van der Waals surface area contributed by atoms with Gasteiger partial charge in [0.25, 0.3) is 5.91 Å². The topological polar surface area (TPSA) is 104 Å². The van der Waals surface area contributed by atoms with Crippen LogP contribution >= 0.6 is 0 Å². The Balaban J connectivity index is 1.59. The molecule has 9 heteroatoms. The number of rotatable bonds is 7. The lowest BCUT2D eigenvalue weighted by molar-refractivity contribution is 0.0469. The second kappa shape index (κ2) is 8.62. The van der Waals surface area contributed by atoms with E-state index in [-0.39, 0.29) is 23.6 Å². The summed E-state index contributed by atoms with van der Waals surface area (Å²) < 4.78 is 22.9. The van der Waals surface area contributed by atoms with Crippen molar-refractivity contribution in [3.63, 3.8) is 0 Å². The van der Waals surface area contributed by atoms with E-state index in [2.05, 4.69) is 10.3 Å². The standard InChI is InChI=1S/C22H19N3O6/c1-28-18-10-15(16(11-19(18)29-2)24-21(26)17-6-5-9-30-17)22(27)31-13-14-12-25-8-4-3-7-20(25)23-14/h3-12H,13H2,1-2H3,(H,24,26). The zero-order valence-electron chi connectivity index (χ0n) is 16.8. The van der Waals surface area contributed by atoms with Crippen LogP contribution in [-0.2, 0) is 11.3 Å². The molecule has 1 N–H and O–H groups in total. The van der Waals surface area contributed by atoms with Gasteiger partial charge in [0, 0.05) is 24.5 Å². The lowest BCUT2D eigenvalue weighted by Crippen LogP contribution is -2.16. The van der Waals surface area contributed by atoms with Crippen LogP contribution in [0.2, 0.25) is 0 Å². The van der Waals surface area contributed by atoms with Crippen LogP contribution in [0.5, 0.6) is 11.5 Å². The van der Waals surface area contributed by atoms with E-state index >= 15 is 0 Å². The number of carbonyl (C=O) groups excluding carboxylic acids is 2. The molecule has 31 heavy (non-hydrogen) atoms. The number of nitrogens with zero attached hydrogens (tertiary/aromatic N) is 2. The summed E-state index contributed by atoms with van der Waals surface area (Å²) in [5, 5.41) is 2.65. The average Bonchev–Trinajstić information content (AvgIpc) is 3.46. The number of fused-ring (bicyclic) bond motifs is 1. The van der Waals surface area contributed by atoms with Gasteiger partial charge in [-0.3, -0.25) is 4.79 Å². The summed E-state index contributed by atoms with van der Waals surface area (Å²) in [5.74, 6) is -0.425. The van der Waals surface area contributed by atoms with Gasteiger partial charge in [0.05, 0.1) is 37.4 Å². The van der Waals surface area contributed by atoms with Crippen LogP contribution in [0.4, 0.5) is 5.69 Å². The highest BCUT2D eigenvalue weighted by Gasteiger charge is 2.21. The molecule has 0 fully saturated rings. The van der Waals surface area contributed by atoms with Crippen molar-refractivity contribution >= 4 is 23.2 Å². The van der Waals surface area contributed by atoms with E-state index in [0.717, 1.165) is 5.65 Å². The summed E-state index contributed by atoms with van der Waals surface area (Å²) in [5.41, 5.74) is 1.62. The number of carbonyl (C=O) groups is 2. The molecule has 3 aromatic heterocycles. The molecule has 0 atom stereocenters. The molecule has 0 bridgehead atoms. The van der Waals surface area contributed by atoms with Gasteiger partial charge in [0.2, 0.25) is 0 Å². The molecule has 9 nitrogen and oxygen atoms in total. The lowest BCUT2D eigenvalue weighted by atomic mass is 10.1. The fraction of sp³-hybridized carbons (Fsp3) is 0.136. The number of amides is 1. The van der Waals surface area contributed by atoms with Gasteiger partial charge in [0.15, 0.2) is 17.3 Å². The summed E-state index contributed by atoms with van der Waals surface area (Å²) in [4.78, 5) is 29.7. The summed E-state index contributed by atoms with van der Waals surface area (Å²) in [6.45, 7) is -0.0412. The van der Waals surface area contributed by atoms with Gasteiger partial charge in [-0.25, -0.2) is 9.78 Å². The number of aromatic nitrogens is 2. The number of imidazole rings is 1. The summed E-state index contributed by atoms with van der Waals surface area (Å²) in [7, 11) is 2.90. The Labute approximate surface area is 177 Å². The highest BCUT2D eigenvalue weighted by atomic mass is 16.5. The molecule has 1 aromatic carbocycles. The number of ether oxygens (including phenoxy) is 3. The van der Waals surface area contributed by atoms with E-state index in [1.165, 1.54) is 38.7 Å². The molecule has 0 aliphatic rings. The number of methoxy groups -OCH3 is 2. The number of anilines is 1. The fourth-order valence-corrected chi connectivity index (χ4v) is 3.02. The maximum absolute atomic E-state index is 12.9. The third kappa shape index (κ3) is 4.20. The minimum Gasteiger partial charge on any atom is -0.493 e. The number of esters is 1. The fourth-order valence-electron chi connectivity index (χ4n) is 3.02. The summed E-state index contributed by atoms with van der Waals surface area (Å²) >= 11 is 0. The third-order valence-electron chi connectivity index (χ3n) is 4.50. The Morgan fingerprint density at radius 2 is 1.90 bits per heavy atom. The number of furan rings is 1. The lowest BCUT2D eigenvalue weighted by Gasteiger charge is -2.14. The van der Waals surface area contributed by atoms with Crippen LogP contribution < -0.4 is 14.8 Å². The number of benzene rings is 1. The smallest absolute Gasteiger partial charge is 0.340 e. The van der Waals surface area contributed by atoms with Gasteiger partial charge in [-0.1, -0.05) is 6.07 Å². The minimum atomic E-state index is -0.659. The van der Waals surface area contributed by atoms with Crippen molar-refractivity contribution in [2.45, 2.75) is 6.61 Å². The van der Waals surface area contributed by atoms with Crippen molar-refractivity contribution in [3.05, 3.63) is 78.1 Å². The zero-order chi connectivity index (χ0) is 21.8. The molecule has 0 spiro atoms. The monoisotopic (exact) mass is 421 g/mol. The summed E-state index contributed by atoms with van der Waals surface area (Å²) in [6.07, 6.45) is 5.01. The Hall–Kier alpha value is -4.27. The number of hydrogen-bond donors (Lipinski definition) is 1. The molecule has 3 heterocycles. The maximum atomic E-state index is 12.9. The molecule has 1 amide bonds. The van der Waals surface area contributed by atoms with Gasteiger partial charge in [0.1, 0.15) is 12.3 Å². The minimum absolute atomic E-state index is 0.0412. The highest BCUT2D eigenvalue weighted by molar-refractivity contribution is 6.07. The van der Waals surface area contributed by atoms with Crippen molar-refractivity contribution in [1.82, 2.24) is 9.38 Å². The van der Waals surface area contributed by atoms with Gasteiger partial charge < -0.3 is 28.3 Å². The number of hydrogen-bond acceptors (Lipinski definition) is 7. The zero-order valence-corrected chi connectivity index (χ0v) is 16.8. The molecule has 0 saturated carbocycles. The number of nitrogens with one attached hydrogen (secondary N) is 1. The van der Waals surface area contributed by atoms with Crippen LogP contribution in [0, 0.1) is 0 Å². The van der Waals surface area contributed by atoms with Gasteiger partial charge >= 0.3 is 5.97 Å². The van der Waals surface area contributed by atoms with Crippen LogP contribution in [-0.4, -0.2) is 35.5 Å². The van der Waals surface area contributed by atoms with E-state index in [1.54, 1.807) is 12.3 Å². The SMILES string of the molecule is COc1cc(NC(=O)c2ccco2)c(C(=O)OCc2cn3ccccc3n2)cc1OC. The van der Waals surface area contributed by atoms with Crippen LogP contribution in [0.15, 0.2) is 65.5 Å². The Morgan fingerprint density at radius 3 is 2.61 bits per heavy atom. The van der Waals surface area contributed by atoms with E-state index < -0.39 is 11.9 Å². The normalized spacial score (nSPS) is 10.6. The van der Waals surface area contributed by atoms with E-state index in [4.69, 9.17) is 18.6 Å². The Kier molecular flexibility index (Phi) is 5.57. The third-order valence-corrected chi connectivity index (χ3v) is 4.50. The second-order valence-corrected chi connectivity index (χ2v) is 6.46. The molecule has 0 aliphatic heterocycles. The first kappa shape index (κ1) is 20.0. The molecule has 158 valence electrons. The van der Waals surface area contributed by atoms with Crippen molar-refractivity contribution in [3.8, 4) is 11.5 Å². The Bertz CT molecular complexity index is 1200. The van der Waals surface area contributed by atoms with Crippen molar-refractivity contribution in [2.75, 3.05) is 19.5 Å². The van der Waals surface area contributed by atoms with Crippen molar-refractivity contribution in [2.24, 2.45) is 0 Å². The largest absolute Gasteiger partial charge is 0.493 e. The molecular formula is C22H19N3O6. The molecular weight excluding hydrogens is 402 g/mol. The first-order valence-electron chi connectivity index (χ1n) is 9.29. The van der Waals surface area contributed by atoms with E-state index in [0.29, 0.717) is 17.2 Å². The Morgan fingerprint density at radius 1 is 1.10 bits per heavy atom. The van der Waals surface area contributed by atoms with Crippen LogP contribution in [0.3, 0.4) is 0 Å². The van der Waals surface area contributed by atoms with Crippen molar-refractivity contribution in [1.29, 1.82) is 0 Å². The van der Waals surface area contributed by atoms with Crippen molar-refractivity contribution < 1.29 is 28.2 Å². The highest BCUT2D eigenvalue weighted by Crippen LogP contribution is 2.34. The first-order chi connectivity index (χ1) is 15.1. The van der Waals surface area contributed by atoms with Crippen LogP contribution in [0.1, 0.15) is 26.6 Å². The molecule has 0 unspecified atom stereocenters. The number of pyridine rings is 1. The van der Waals surface area contributed by atoms with E-state index in [1.807, 2.05) is 28.8 Å². The molecule has 0 saturated heterocycles.